The maximum atomic E-state index is 12.5. The maximum absolute atomic E-state index is 12.5. The number of hydrogen-bond acceptors (Lipinski definition) is 5. The summed E-state index contributed by atoms with van der Waals surface area (Å²) in [5.41, 5.74) is 8.20. The largest absolute Gasteiger partial charge is 0.573 e. The van der Waals surface area contributed by atoms with Gasteiger partial charge in [0.05, 0.1) is 22.6 Å². The molecule has 0 saturated heterocycles. The molecule has 1 aliphatic heterocycles. The van der Waals surface area contributed by atoms with E-state index in [0.717, 1.165) is 11.8 Å². The van der Waals surface area contributed by atoms with Gasteiger partial charge in [0.1, 0.15) is 0 Å². The fourth-order valence-electron chi connectivity index (χ4n) is 2.97. The topological polar surface area (TPSA) is 106 Å². The van der Waals surface area contributed by atoms with E-state index in [1.807, 2.05) is 0 Å². The molecule has 0 aliphatic carbocycles. The van der Waals surface area contributed by atoms with Crippen molar-refractivity contribution in [3.05, 3.63) is 47.8 Å². The molecule has 28 heavy (non-hydrogen) atoms. The Hall–Kier alpha value is -3.56. The highest BCUT2D eigenvalue weighted by Crippen LogP contribution is 2.32. The van der Waals surface area contributed by atoms with Crippen LogP contribution in [0.25, 0.3) is 22.8 Å². The van der Waals surface area contributed by atoms with Crippen molar-refractivity contribution in [2.75, 3.05) is 12.3 Å². The van der Waals surface area contributed by atoms with E-state index in [4.69, 9.17) is 5.73 Å². The van der Waals surface area contributed by atoms with Gasteiger partial charge in [-0.1, -0.05) is 0 Å². The smallest absolute Gasteiger partial charge is 0.404 e. The lowest BCUT2D eigenvalue weighted by atomic mass is 10.1. The highest BCUT2D eigenvalue weighted by molar-refractivity contribution is 5.97. The fraction of sp³-hybridized carbons (Fsp3) is 0.167. The van der Waals surface area contributed by atoms with Gasteiger partial charge in [0.15, 0.2) is 11.6 Å². The number of rotatable bonds is 3. The van der Waals surface area contributed by atoms with Crippen molar-refractivity contribution in [3.8, 4) is 28.5 Å². The number of halogens is 3. The van der Waals surface area contributed by atoms with Crippen LogP contribution in [0.1, 0.15) is 16.1 Å². The molecule has 0 radical (unpaired) electrons. The van der Waals surface area contributed by atoms with Crippen LogP contribution < -0.4 is 15.8 Å². The zero-order chi connectivity index (χ0) is 19.9. The molecule has 4 N–H and O–H groups in total. The molecular formula is C18H14F3N5O2. The molecule has 1 aromatic carbocycles. The lowest BCUT2D eigenvalue weighted by Gasteiger charge is -2.12. The minimum Gasteiger partial charge on any atom is -0.404 e. The number of nitrogens with two attached hydrogens (primary N) is 1. The summed E-state index contributed by atoms with van der Waals surface area (Å²) in [4.78, 5) is 23.6. The molecule has 0 unspecified atom stereocenters. The summed E-state index contributed by atoms with van der Waals surface area (Å²) >= 11 is 0. The first kappa shape index (κ1) is 17.8. The third-order valence-electron chi connectivity index (χ3n) is 4.23. The van der Waals surface area contributed by atoms with Crippen molar-refractivity contribution in [2.45, 2.75) is 12.8 Å². The molecule has 0 bridgehead atoms. The normalized spacial score (nSPS) is 13.8. The van der Waals surface area contributed by atoms with Gasteiger partial charge in [-0.2, -0.15) is 0 Å². The van der Waals surface area contributed by atoms with E-state index in [-0.39, 0.29) is 17.4 Å². The Morgan fingerprint density at radius 2 is 2.00 bits per heavy atom. The van der Waals surface area contributed by atoms with Gasteiger partial charge in [-0.3, -0.25) is 4.79 Å². The third kappa shape index (κ3) is 3.48. The first-order valence-electron chi connectivity index (χ1n) is 8.29. The predicted octanol–water partition coefficient (Wildman–Crippen LogP) is 2.91. The molecule has 7 nitrogen and oxygen atoms in total. The van der Waals surface area contributed by atoms with Gasteiger partial charge < -0.3 is 20.8 Å². The molecular weight excluding hydrogens is 375 g/mol. The quantitative estimate of drug-likeness (QED) is 0.598. The van der Waals surface area contributed by atoms with Crippen LogP contribution in [-0.4, -0.2) is 33.8 Å². The number of nitrogens with one attached hydrogen (secondary N) is 2. The SMILES string of the molecule is Nc1ccc(-c2nccc(-c3cc4c([nH]3)CCNC4=O)n2)cc1OC(F)(F)F. The number of aromatic amines is 1. The van der Waals surface area contributed by atoms with Gasteiger partial charge in [0, 0.05) is 30.4 Å². The zero-order valence-electron chi connectivity index (χ0n) is 14.3. The molecule has 144 valence electrons. The number of carbonyl (C=O) groups is 1. The molecule has 3 heterocycles. The summed E-state index contributed by atoms with van der Waals surface area (Å²) in [5.74, 6) is -0.488. The minimum absolute atomic E-state index is 0.153. The third-order valence-corrected chi connectivity index (χ3v) is 4.23. The summed E-state index contributed by atoms with van der Waals surface area (Å²) in [6.45, 7) is 0.550. The Kier molecular flexibility index (Phi) is 4.17. The van der Waals surface area contributed by atoms with Crippen LogP contribution in [0.15, 0.2) is 36.5 Å². The monoisotopic (exact) mass is 389 g/mol. The second-order valence-corrected chi connectivity index (χ2v) is 6.15. The second-order valence-electron chi connectivity index (χ2n) is 6.15. The predicted molar refractivity (Wildman–Crippen MR) is 94.4 cm³/mol. The van der Waals surface area contributed by atoms with Crippen molar-refractivity contribution in [2.24, 2.45) is 0 Å². The average Bonchev–Trinajstić information content (AvgIpc) is 3.08. The molecule has 3 aromatic rings. The number of H-pyrrole nitrogens is 1. The number of nitrogen functional groups attached to an aromatic ring is 1. The first-order chi connectivity index (χ1) is 13.3. The molecule has 0 spiro atoms. The van der Waals surface area contributed by atoms with Crippen LogP contribution in [0.2, 0.25) is 0 Å². The maximum Gasteiger partial charge on any atom is 0.573 e. The van der Waals surface area contributed by atoms with Crippen molar-refractivity contribution >= 4 is 11.6 Å². The molecule has 10 heteroatoms. The summed E-state index contributed by atoms with van der Waals surface area (Å²) < 4.78 is 41.6. The number of aromatic nitrogens is 3. The number of ether oxygens (including phenoxy) is 1. The average molecular weight is 389 g/mol. The first-order valence-corrected chi connectivity index (χ1v) is 8.29. The van der Waals surface area contributed by atoms with Crippen molar-refractivity contribution in [1.29, 1.82) is 0 Å². The number of alkyl halides is 3. The van der Waals surface area contributed by atoms with Crippen LogP contribution in [0.4, 0.5) is 18.9 Å². The number of fused-ring (bicyclic) bond motifs is 1. The zero-order valence-corrected chi connectivity index (χ0v) is 14.3. The summed E-state index contributed by atoms with van der Waals surface area (Å²) in [5, 5.41) is 2.76. The highest BCUT2D eigenvalue weighted by Gasteiger charge is 2.32. The Bertz CT molecular complexity index is 1060. The number of nitrogens with zero attached hydrogens (tertiary/aromatic N) is 2. The number of carbonyl (C=O) groups excluding carboxylic acids is 1. The molecule has 1 amide bonds. The lowest BCUT2D eigenvalue weighted by molar-refractivity contribution is -0.274. The van der Waals surface area contributed by atoms with E-state index in [2.05, 4.69) is 25.0 Å². The molecule has 1 aliphatic rings. The summed E-state index contributed by atoms with van der Waals surface area (Å²) in [6, 6.07) is 7.27. The van der Waals surface area contributed by atoms with E-state index in [1.54, 1.807) is 12.1 Å². The standard InChI is InChI=1S/C18H14F3N5O2/c19-18(20,21)28-15-7-9(1-2-11(15)22)16-23-5-4-13(26-16)14-8-10-12(25-14)3-6-24-17(10)27/h1-2,4-5,7-8,25H,3,6,22H2,(H,24,27). The van der Waals surface area contributed by atoms with E-state index >= 15 is 0 Å². The van der Waals surface area contributed by atoms with Crippen LogP contribution in [0, 0.1) is 0 Å². The Labute approximate surface area is 156 Å². The van der Waals surface area contributed by atoms with Crippen molar-refractivity contribution in [1.82, 2.24) is 20.3 Å². The van der Waals surface area contributed by atoms with E-state index < -0.39 is 12.1 Å². The minimum atomic E-state index is -4.86. The Balaban J connectivity index is 1.70. The molecule has 0 saturated carbocycles. The van der Waals surface area contributed by atoms with Gasteiger partial charge in [-0.05, 0) is 30.3 Å². The van der Waals surface area contributed by atoms with Gasteiger partial charge in [0.25, 0.3) is 5.91 Å². The summed E-state index contributed by atoms with van der Waals surface area (Å²) in [7, 11) is 0. The van der Waals surface area contributed by atoms with Crippen LogP contribution in [-0.2, 0) is 6.42 Å². The molecule has 2 aromatic heterocycles. The fourth-order valence-corrected chi connectivity index (χ4v) is 2.97. The van der Waals surface area contributed by atoms with E-state index in [0.29, 0.717) is 35.5 Å². The van der Waals surface area contributed by atoms with Gasteiger partial charge >= 0.3 is 6.36 Å². The van der Waals surface area contributed by atoms with Crippen LogP contribution in [0.3, 0.4) is 0 Å². The van der Waals surface area contributed by atoms with Gasteiger partial charge in [-0.25, -0.2) is 9.97 Å². The van der Waals surface area contributed by atoms with Crippen LogP contribution in [0.5, 0.6) is 5.75 Å². The van der Waals surface area contributed by atoms with Gasteiger partial charge in [-0.15, -0.1) is 13.2 Å². The molecule has 4 rings (SSSR count). The van der Waals surface area contributed by atoms with E-state index in [9.17, 15) is 18.0 Å². The number of benzene rings is 1. The summed E-state index contributed by atoms with van der Waals surface area (Å²) in [6.07, 6.45) is -2.70. The lowest BCUT2D eigenvalue weighted by Crippen LogP contribution is -2.31. The number of amides is 1. The Morgan fingerprint density at radius 3 is 2.75 bits per heavy atom. The number of hydrogen-bond donors (Lipinski definition) is 3. The molecule has 0 fully saturated rings. The van der Waals surface area contributed by atoms with Gasteiger partial charge in [0.2, 0.25) is 0 Å². The highest BCUT2D eigenvalue weighted by atomic mass is 19.4. The second kappa shape index (κ2) is 6.55. The Morgan fingerprint density at radius 1 is 1.18 bits per heavy atom. The number of anilines is 1. The van der Waals surface area contributed by atoms with Crippen molar-refractivity contribution in [3.63, 3.8) is 0 Å². The van der Waals surface area contributed by atoms with Crippen LogP contribution >= 0.6 is 0 Å². The van der Waals surface area contributed by atoms with E-state index in [1.165, 1.54) is 18.3 Å². The molecule has 0 atom stereocenters. The van der Waals surface area contributed by atoms with Crippen molar-refractivity contribution < 1.29 is 22.7 Å².